The van der Waals surface area contributed by atoms with Gasteiger partial charge in [-0.25, -0.2) is 5.01 Å². The number of rotatable bonds is 11. The average molecular weight is 801 g/mol. The number of hydrogen-bond donors (Lipinski definition) is 1. The molecule has 0 unspecified atom stereocenters. The van der Waals surface area contributed by atoms with Gasteiger partial charge in [-0.3, -0.25) is 14.4 Å². The number of ether oxygens (including phenoxy) is 3. The van der Waals surface area contributed by atoms with E-state index in [1.807, 2.05) is 84.9 Å². The topological polar surface area (TPSA) is 121 Å². The Bertz CT molecular complexity index is 2210. The third-order valence-electron chi connectivity index (χ3n) is 13.0. The lowest BCUT2D eigenvalue weighted by Gasteiger charge is -2.37. The number of benzene rings is 4. The number of fused-ring (bicyclic) bond motifs is 2. The maximum Gasteiger partial charge on any atom is 0.264 e. The van der Waals surface area contributed by atoms with Crippen molar-refractivity contribution in [2.45, 2.75) is 82.0 Å². The maximum atomic E-state index is 15.4. The molecule has 4 aliphatic heterocycles. The Hall–Kier alpha value is -5.30. The molecule has 3 amide bonds. The molecule has 11 nitrogen and oxygen atoms in total. The van der Waals surface area contributed by atoms with Gasteiger partial charge in [0.2, 0.25) is 11.8 Å². The molecule has 302 valence electrons. The average Bonchev–Trinajstić information content (AvgIpc) is 3.91. The molecule has 0 aromatic heterocycles. The normalized spacial score (nSPS) is 24.4. The van der Waals surface area contributed by atoms with Crippen LogP contribution in [0, 0.1) is 5.92 Å². The summed E-state index contributed by atoms with van der Waals surface area (Å²) in [5.74, 6) is 0.758. The van der Waals surface area contributed by atoms with Gasteiger partial charge in [0.05, 0.1) is 71.1 Å². The minimum absolute atomic E-state index is 0.0593. The summed E-state index contributed by atoms with van der Waals surface area (Å²) in [6.45, 7) is 7.49. The molecule has 1 N–H and O–H groups in total. The molecule has 1 spiro atoms. The second kappa shape index (κ2) is 15.8. The van der Waals surface area contributed by atoms with E-state index in [1.165, 1.54) is 10.2 Å². The van der Waals surface area contributed by atoms with Crippen molar-refractivity contribution in [3.05, 3.63) is 114 Å². The summed E-state index contributed by atoms with van der Waals surface area (Å²) in [5, 5.41) is 17.5. The van der Waals surface area contributed by atoms with Crippen LogP contribution in [-0.4, -0.2) is 81.0 Å². The van der Waals surface area contributed by atoms with Crippen molar-refractivity contribution in [1.29, 1.82) is 0 Å². The summed E-state index contributed by atoms with van der Waals surface area (Å²) < 4.78 is 18.5. The predicted octanol–water partition coefficient (Wildman–Crippen LogP) is 6.37. The van der Waals surface area contributed by atoms with Crippen LogP contribution in [0.5, 0.6) is 11.5 Å². The summed E-state index contributed by atoms with van der Waals surface area (Å²) in [6, 6.07) is 31.2. The van der Waals surface area contributed by atoms with E-state index >= 15 is 4.79 Å². The van der Waals surface area contributed by atoms with Crippen molar-refractivity contribution in [3.63, 3.8) is 0 Å². The molecule has 58 heavy (non-hydrogen) atoms. The molecule has 0 bridgehead atoms. The SMILES string of the molecule is COc1ccc([Si](C)(C)[C@H]2[C@H](CC(=O)N3CCC[C@H]3CO)O[C@@]3(C(=O)N(Cc4ccc(N5N=C(c6ccccc6)CCC5=O)cc4)c4ccc(OC)cc43)[C@@H]2C)cc1. The molecule has 2 saturated heterocycles. The van der Waals surface area contributed by atoms with Crippen LogP contribution < -0.4 is 24.6 Å². The molecule has 8 rings (SSSR count). The summed E-state index contributed by atoms with van der Waals surface area (Å²) in [4.78, 5) is 46.2. The van der Waals surface area contributed by atoms with E-state index in [4.69, 9.17) is 19.3 Å². The van der Waals surface area contributed by atoms with Crippen LogP contribution in [0.4, 0.5) is 11.4 Å². The van der Waals surface area contributed by atoms with Crippen LogP contribution in [0.1, 0.15) is 55.7 Å². The number of hydrazone groups is 1. The Morgan fingerprint density at radius 2 is 1.64 bits per heavy atom. The number of carbonyl (C=O) groups is 3. The molecule has 4 aliphatic rings. The molecule has 5 atom stereocenters. The molecule has 4 aromatic carbocycles. The molecular formula is C46H52N4O7Si. The number of likely N-dealkylation sites (tertiary alicyclic amines) is 1. The second-order valence-corrected chi connectivity index (χ2v) is 21.2. The third-order valence-corrected chi connectivity index (χ3v) is 17.3. The number of carbonyl (C=O) groups excluding carboxylic acids is 3. The van der Waals surface area contributed by atoms with E-state index in [0.29, 0.717) is 30.8 Å². The fourth-order valence-electron chi connectivity index (χ4n) is 9.94. The first kappa shape index (κ1) is 39.5. The van der Waals surface area contributed by atoms with Crippen LogP contribution >= 0.6 is 0 Å². The smallest absolute Gasteiger partial charge is 0.264 e. The van der Waals surface area contributed by atoms with Crippen LogP contribution in [0.2, 0.25) is 18.6 Å². The van der Waals surface area contributed by atoms with Gasteiger partial charge in [-0.15, -0.1) is 0 Å². The number of amides is 3. The first-order valence-electron chi connectivity index (χ1n) is 20.3. The highest BCUT2D eigenvalue weighted by Crippen LogP contribution is 2.60. The Morgan fingerprint density at radius 3 is 2.33 bits per heavy atom. The van der Waals surface area contributed by atoms with Gasteiger partial charge in [-0.1, -0.05) is 79.8 Å². The van der Waals surface area contributed by atoms with Crippen molar-refractivity contribution in [3.8, 4) is 11.5 Å². The van der Waals surface area contributed by atoms with E-state index in [-0.39, 0.29) is 54.8 Å². The van der Waals surface area contributed by atoms with Gasteiger partial charge >= 0.3 is 0 Å². The maximum absolute atomic E-state index is 15.4. The van der Waals surface area contributed by atoms with Crippen LogP contribution in [0.25, 0.3) is 0 Å². The zero-order chi connectivity index (χ0) is 40.8. The molecular weight excluding hydrogens is 749 g/mol. The minimum atomic E-state index is -2.50. The lowest BCUT2D eigenvalue weighted by atomic mass is 9.82. The number of nitrogens with zero attached hydrogens (tertiary/aromatic N) is 4. The van der Waals surface area contributed by atoms with E-state index in [1.54, 1.807) is 24.0 Å². The highest BCUT2D eigenvalue weighted by molar-refractivity contribution is 6.91. The molecule has 0 radical (unpaired) electrons. The Kier molecular flexibility index (Phi) is 10.8. The van der Waals surface area contributed by atoms with Crippen LogP contribution in [0.3, 0.4) is 0 Å². The van der Waals surface area contributed by atoms with Crippen molar-refractivity contribution >= 4 is 48.1 Å². The van der Waals surface area contributed by atoms with Gasteiger partial charge in [0.25, 0.3) is 5.91 Å². The molecule has 4 heterocycles. The molecule has 4 aromatic rings. The highest BCUT2D eigenvalue weighted by atomic mass is 28.3. The quantitative estimate of drug-likeness (QED) is 0.175. The Balaban J connectivity index is 1.14. The Morgan fingerprint density at radius 1 is 0.931 bits per heavy atom. The zero-order valence-electron chi connectivity index (χ0n) is 33.9. The van der Waals surface area contributed by atoms with Gasteiger partial charge in [-0.2, -0.15) is 5.10 Å². The number of aliphatic hydroxyl groups excluding tert-OH is 1. The lowest BCUT2D eigenvalue weighted by molar-refractivity contribution is -0.150. The predicted molar refractivity (Wildman–Crippen MR) is 226 cm³/mol. The number of methoxy groups -OCH3 is 2. The largest absolute Gasteiger partial charge is 0.497 e. The van der Waals surface area contributed by atoms with Crippen LogP contribution in [-0.2, 0) is 31.3 Å². The monoisotopic (exact) mass is 800 g/mol. The zero-order valence-corrected chi connectivity index (χ0v) is 34.9. The molecule has 0 aliphatic carbocycles. The third kappa shape index (κ3) is 6.80. The van der Waals surface area contributed by atoms with Gasteiger partial charge in [0.1, 0.15) is 11.5 Å². The fourth-order valence-corrected chi connectivity index (χ4v) is 13.9. The molecule has 0 saturated carbocycles. The highest BCUT2D eigenvalue weighted by Gasteiger charge is 2.66. The fraction of sp³-hybridized carbons (Fsp3) is 0.391. The number of aliphatic hydroxyl groups is 1. The first-order valence-corrected chi connectivity index (χ1v) is 23.4. The summed E-state index contributed by atoms with van der Waals surface area (Å²) >= 11 is 0. The standard InChI is InChI=1S/C46H52N4O7Si/c1-30-44(58(4,5)37-20-17-35(55-2)18-21-37)41(27-43(53)48-25-9-12-34(48)29-51)57-46(30)38-26-36(56-3)19-23-40(38)49(45(46)54)28-31-13-15-33(16-14-31)50-42(52)24-22-39(47-50)32-10-7-6-8-11-32/h6-8,10-11,13-21,23,26,30,34,41,44,51H,9,12,22,24-25,27-29H2,1-5H3/t30-,34+,41+,44-,46+/m1/s1. The van der Waals surface area contributed by atoms with Crippen molar-refractivity contribution in [2.24, 2.45) is 11.0 Å². The minimum Gasteiger partial charge on any atom is -0.497 e. The van der Waals surface area contributed by atoms with Crippen molar-refractivity contribution < 1.29 is 33.7 Å². The van der Waals surface area contributed by atoms with E-state index in [9.17, 15) is 14.7 Å². The molecule has 2 fully saturated rings. The first-order chi connectivity index (χ1) is 28.0. The Labute approximate surface area is 341 Å². The molecule has 12 heteroatoms. The van der Waals surface area contributed by atoms with Gasteiger partial charge in [0, 0.05) is 30.9 Å². The van der Waals surface area contributed by atoms with E-state index < -0.39 is 19.8 Å². The number of anilines is 2. The van der Waals surface area contributed by atoms with Gasteiger partial charge in [-0.05, 0) is 72.0 Å². The van der Waals surface area contributed by atoms with Gasteiger partial charge in [0.15, 0.2) is 5.60 Å². The van der Waals surface area contributed by atoms with Crippen molar-refractivity contribution in [1.82, 2.24) is 4.90 Å². The van der Waals surface area contributed by atoms with E-state index in [0.717, 1.165) is 46.7 Å². The van der Waals surface area contributed by atoms with Crippen LogP contribution in [0.15, 0.2) is 102 Å². The van der Waals surface area contributed by atoms with Crippen molar-refractivity contribution in [2.75, 3.05) is 37.3 Å². The van der Waals surface area contributed by atoms with Gasteiger partial charge < -0.3 is 29.1 Å². The summed E-state index contributed by atoms with van der Waals surface area (Å²) in [7, 11) is 0.759. The van der Waals surface area contributed by atoms with E-state index in [2.05, 4.69) is 32.2 Å². The lowest BCUT2D eigenvalue weighted by Crippen LogP contribution is -2.52. The summed E-state index contributed by atoms with van der Waals surface area (Å²) in [6.07, 6.45) is 2.11. The summed E-state index contributed by atoms with van der Waals surface area (Å²) in [5.41, 5.74) is 3.35. The second-order valence-electron chi connectivity index (χ2n) is 16.5. The number of hydrogen-bond acceptors (Lipinski definition) is 8.